The zero-order valence-electron chi connectivity index (χ0n) is 14.9. The van der Waals surface area contributed by atoms with Crippen molar-refractivity contribution in [3.8, 4) is 0 Å². The van der Waals surface area contributed by atoms with E-state index in [1.165, 1.54) is 24.2 Å². The standard InChI is InChI=1S/C21H29NP2/c1-16(18-10-6-4-7-11-18)23-20-14-22(3)15-21(20)24-17(2)19-12-8-5-9-13-19/h4-13,16-17,20-21,23-24H,14-15H2,1-3H3. The van der Waals surface area contributed by atoms with Gasteiger partial charge in [0.25, 0.3) is 0 Å². The average Bonchev–Trinajstić information content (AvgIpc) is 2.95. The first-order valence-corrected chi connectivity index (χ1v) is 11.2. The fraction of sp³-hybridized carbons (Fsp3) is 0.429. The molecule has 0 saturated carbocycles. The molecule has 0 N–H and O–H groups in total. The summed E-state index contributed by atoms with van der Waals surface area (Å²) in [4.78, 5) is 2.55. The molecule has 2 aromatic rings. The number of likely N-dealkylation sites (tertiary alicyclic amines) is 1. The summed E-state index contributed by atoms with van der Waals surface area (Å²) in [7, 11) is 4.35. The molecule has 128 valence electrons. The van der Waals surface area contributed by atoms with E-state index in [9.17, 15) is 0 Å². The Labute approximate surface area is 150 Å². The van der Waals surface area contributed by atoms with E-state index in [0.29, 0.717) is 11.3 Å². The third kappa shape index (κ3) is 4.66. The van der Waals surface area contributed by atoms with Crippen LogP contribution in [0.1, 0.15) is 36.3 Å². The van der Waals surface area contributed by atoms with Crippen LogP contribution in [0.4, 0.5) is 0 Å². The summed E-state index contributed by atoms with van der Waals surface area (Å²) in [5.74, 6) is 0. The predicted octanol–water partition coefficient (Wildman–Crippen LogP) is 5.55. The third-order valence-corrected chi connectivity index (χ3v) is 9.06. The molecule has 0 bridgehead atoms. The summed E-state index contributed by atoms with van der Waals surface area (Å²) in [6.07, 6.45) is 0. The van der Waals surface area contributed by atoms with E-state index in [1.807, 2.05) is 0 Å². The van der Waals surface area contributed by atoms with Crippen LogP contribution in [-0.4, -0.2) is 36.4 Å². The Hall–Kier alpha value is -0.740. The number of rotatable bonds is 6. The van der Waals surface area contributed by atoms with Crippen LogP contribution in [0.3, 0.4) is 0 Å². The van der Waals surface area contributed by atoms with Crippen molar-refractivity contribution in [3.63, 3.8) is 0 Å². The first kappa shape index (κ1) is 18.1. The number of nitrogens with zero attached hydrogens (tertiary/aromatic N) is 1. The quantitative estimate of drug-likeness (QED) is 0.613. The number of hydrogen-bond acceptors (Lipinski definition) is 1. The highest BCUT2D eigenvalue weighted by atomic mass is 31.1. The second kappa shape index (κ2) is 8.57. The molecular formula is C21H29NP2. The van der Waals surface area contributed by atoms with Crippen molar-refractivity contribution in [2.24, 2.45) is 0 Å². The van der Waals surface area contributed by atoms with E-state index in [4.69, 9.17) is 0 Å². The van der Waals surface area contributed by atoms with Crippen LogP contribution in [-0.2, 0) is 0 Å². The second-order valence-corrected chi connectivity index (χ2v) is 10.9. The van der Waals surface area contributed by atoms with Gasteiger partial charge in [0.1, 0.15) is 0 Å². The van der Waals surface area contributed by atoms with Gasteiger partial charge in [-0.25, -0.2) is 0 Å². The maximum Gasteiger partial charge on any atom is 0.00506 e. The van der Waals surface area contributed by atoms with E-state index < -0.39 is 0 Å². The second-order valence-electron chi connectivity index (χ2n) is 7.03. The van der Waals surface area contributed by atoms with E-state index in [0.717, 1.165) is 28.5 Å². The van der Waals surface area contributed by atoms with Crippen molar-refractivity contribution < 1.29 is 0 Å². The van der Waals surface area contributed by atoms with Crippen molar-refractivity contribution >= 4 is 17.2 Å². The molecule has 0 aromatic heterocycles. The van der Waals surface area contributed by atoms with Gasteiger partial charge in [-0.2, -0.15) is 0 Å². The Morgan fingerprint density at radius 1 is 0.750 bits per heavy atom. The minimum atomic E-state index is 0.682. The van der Waals surface area contributed by atoms with Crippen LogP contribution in [0.25, 0.3) is 0 Å². The summed E-state index contributed by atoms with van der Waals surface area (Å²) in [5.41, 5.74) is 6.08. The fourth-order valence-electron chi connectivity index (χ4n) is 3.66. The SMILES string of the molecule is CC(PC1CN(C)CC1PC(C)c1ccccc1)c1ccccc1. The zero-order valence-corrected chi connectivity index (χ0v) is 16.9. The van der Waals surface area contributed by atoms with Crippen LogP contribution in [0.2, 0.25) is 0 Å². The molecule has 1 heterocycles. The Balaban J connectivity index is 1.64. The van der Waals surface area contributed by atoms with Gasteiger partial charge in [0.05, 0.1) is 0 Å². The summed E-state index contributed by atoms with van der Waals surface area (Å²) in [6.45, 7) is 7.36. The molecule has 1 fully saturated rings. The van der Waals surface area contributed by atoms with Crippen LogP contribution >= 0.6 is 17.2 Å². The van der Waals surface area contributed by atoms with Gasteiger partial charge < -0.3 is 4.90 Å². The van der Waals surface area contributed by atoms with Gasteiger partial charge in [0.2, 0.25) is 0 Å². The van der Waals surface area contributed by atoms with E-state index in [-0.39, 0.29) is 0 Å². The van der Waals surface area contributed by atoms with E-state index in [1.54, 1.807) is 0 Å². The van der Waals surface area contributed by atoms with Gasteiger partial charge in [0.15, 0.2) is 0 Å². The molecule has 24 heavy (non-hydrogen) atoms. The Morgan fingerprint density at radius 3 is 1.50 bits per heavy atom. The first-order valence-electron chi connectivity index (χ1n) is 8.94. The molecule has 1 aliphatic heterocycles. The third-order valence-electron chi connectivity index (χ3n) is 5.03. The normalized spacial score (nSPS) is 25.0. The van der Waals surface area contributed by atoms with E-state index in [2.05, 4.69) is 86.5 Å². The van der Waals surface area contributed by atoms with Crippen molar-refractivity contribution in [1.82, 2.24) is 4.90 Å². The zero-order chi connectivity index (χ0) is 16.9. The highest BCUT2D eigenvalue weighted by Gasteiger charge is 2.33. The summed E-state index contributed by atoms with van der Waals surface area (Å²) >= 11 is 0. The maximum atomic E-state index is 2.55. The van der Waals surface area contributed by atoms with E-state index >= 15 is 0 Å². The van der Waals surface area contributed by atoms with Crippen molar-refractivity contribution in [2.45, 2.75) is 36.5 Å². The molecule has 6 unspecified atom stereocenters. The summed E-state index contributed by atoms with van der Waals surface area (Å²) < 4.78 is 0. The summed E-state index contributed by atoms with van der Waals surface area (Å²) in [6, 6.07) is 22.1. The maximum absolute atomic E-state index is 2.55. The fourth-order valence-corrected chi connectivity index (χ4v) is 7.80. The van der Waals surface area contributed by atoms with Crippen molar-refractivity contribution in [1.29, 1.82) is 0 Å². The van der Waals surface area contributed by atoms with Crippen LogP contribution < -0.4 is 0 Å². The van der Waals surface area contributed by atoms with Gasteiger partial charge >= 0.3 is 0 Å². The molecule has 1 nitrogen and oxygen atoms in total. The van der Waals surface area contributed by atoms with Gasteiger partial charge in [-0.15, -0.1) is 17.2 Å². The summed E-state index contributed by atoms with van der Waals surface area (Å²) in [5, 5.41) is 0. The van der Waals surface area contributed by atoms with Gasteiger partial charge in [-0.3, -0.25) is 0 Å². The number of hydrogen-bond donors (Lipinski definition) is 0. The average molecular weight is 357 g/mol. The van der Waals surface area contributed by atoms with Crippen LogP contribution in [0.15, 0.2) is 60.7 Å². The lowest BCUT2D eigenvalue weighted by Gasteiger charge is -2.25. The first-order chi connectivity index (χ1) is 11.6. The Morgan fingerprint density at radius 2 is 1.12 bits per heavy atom. The monoisotopic (exact) mass is 357 g/mol. The largest absolute Gasteiger partial charge is 0.305 e. The molecule has 3 rings (SSSR count). The predicted molar refractivity (Wildman–Crippen MR) is 111 cm³/mol. The lowest BCUT2D eigenvalue weighted by Crippen LogP contribution is -2.16. The topological polar surface area (TPSA) is 3.24 Å². The Kier molecular flexibility index (Phi) is 6.45. The molecular weight excluding hydrogens is 328 g/mol. The lowest BCUT2D eigenvalue weighted by atomic mass is 10.2. The molecule has 2 aromatic carbocycles. The molecule has 0 radical (unpaired) electrons. The molecule has 0 amide bonds. The molecule has 0 spiro atoms. The molecule has 1 saturated heterocycles. The Bertz CT molecular complexity index is 561. The molecule has 3 heteroatoms. The molecule has 0 aliphatic carbocycles. The van der Waals surface area contributed by atoms with Crippen LogP contribution in [0, 0.1) is 0 Å². The smallest absolute Gasteiger partial charge is 0.00506 e. The highest BCUT2D eigenvalue weighted by molar-refractivity contribution is 7.44. The molecule has 1 aliphatic rings. The van der Waals surface area contributed by atoms with Crippen molar-refractivity contribution in [3.05, 3.63) is 71.8 Å². The van der Waals surface area contributed by atoms with Gasteiger partial charge in [-0.1, -0.05) is 74.5 Å². The van der Waals surface area contributed by atoms with Crippen LogP contribution in [0.5, 0.6) is 0 Å². The molecule has 6 atom stereocenters. The number of benzene rings is 2. The lowest BCUT2D eigenvalue weighted by molar-refractivity contribution is 0.419. The van der Waals surface area contributed by atoms with Crippen molar-refractivity contribution in [2.75, 3.05) is 20.1 Å². The van der Waals surface area contributed by atoms with Gasteiger partial charge in [-0.05, 0) is 40.8 Å². The van der Waals surface area contributed by atoms with Gasteiger partial charge in [0, 0.05) is 13.1 Å². The minimum absolute atomic E-state index is 0.682. The minimum Gasteiger partial charge on any atom is -0.305 e. The highest BCUT2D eigenvalue weighted by Crippen LogP contribution is 2.49.